The molecule has 250 valence electrons. The van der Waals surface area contributed by atoms with Gasteiger partial charge in [0.05, 0.1) is 33.3 Å². The smallest absolute Gasteiger partial charge is 0.160 e. The second-order valence-electron chi connectivity index (χ2n) is 13.9. The van der Waals surface area contributed by atoms with Crippen LogP contribution in [0.25, 0.3) is 110 Å². The molecule has 0 saturated carbocycles. The van der Waals surface area contributed by atoms with Gasteiger partial charge in [0.25, 0.3) is 0 Å². The van der Waals surface area contributed by atoms with Gasteiger partial charge in [0.15, 0.2) is 11.2 Å². The van der Waals surface area contributed by atoms with Crippen molar-refractivity contribution in [1.82, 2.24) is 9.13 Å². The van der Waals surface area contributed by atoms with E-state index in [1.165, 1.54) is 0 Å². The van der Waals surface area contributed by atoms with Crippen LogP contribution in [0.3, 0.4) is 0 Å². The van der Waals surface area contributed by atoms with Crippen LogP contribution < -0.4 is 0 Å². The molecular weight excluding hydrogens is 663 g/mol. The first-order chi connectivity index (χ1) is 26.8. The van der Waals surface area contributed by atoms with E-state index >= 15 is 0 Å². The van der Waals surface area contributed by atoms with Gasteiger partial charge in [-0.3, -0.25) is 0 Å². The van der Waals surface area contributed by atoms with Crippen molar-refractivity contribution in [3.05, 3.63) is 169 Å². The van der Waals surface area contributed by atoms with Crippen molar-refractivity contribution in [2.24, 2.45) is 0 Å². The molecule has 0 saturated heterocycles. The van der Waals surface area contributed by atoms with Gasteiger partial charge in [0.2, 0.25) is 0 Å². The van der Waals surface area contributed by atoms with Gasteiger partial charge in [-0.05, 0) is 60.2 Å². The van der Waals surface area contributed by atoms with E-state index in [2.05, 4.69) is 137 Å². The third-order valence-electron chi connectivity index (χ3n) is 11.2. The maximum Gasteiger partial charge on any atom is 0.160 e. The molecule has 0 aliphatic carbocycles. The topological polar surface area (TPSA) is 59.9 Å². The lowest BCUT2D eigenvalue weighted by Crippen LogP contribution is -2.02. The third-order valence-corrected chi connectivity index (χ3v) is 11.2. The fourth-order valence-electron chi connectivity index (χ4n) is 8.88. The predicted molar refractivity (Wildman–Crippen MR) is 220 cm³/mol. The average Bonchev–Trinajstić information content (AvgIpc) is 3.98. The maximum absolute atomic E-state index is 10.8. The molecule has 0 fully saturated rings. The third kappa shape index (κ3) is 3.81. The van der Waals surface area contributed by atoms with Crippen molar-refractivity contribution in [1.29, 1.82) is 5.26 Å². The lowest BCUT2D eigenvalue weighted by Gasteiger charge is -2.17. The Morgan fingerprint density at radius 2 is 0.944 bits per heavy atom. The van der Waals surface area contributed by atoms with Crippen LogP contribution >= 0.6 is 0 Å². The molecular formula is C49H27N3O2. The summed E-state index contributed by atoms with van der Waals surface area (Å²) in [7, 11) is 0. The summed E-state index contributed by atoms with van der Waals surface area (Å²) in [5.41, 5.74) is 11.8. The summed E-state index contributed by atoms with van der Waals surface area (Å²) in [6, 6.07) is 59.3. The Bertz CT molecular complexity index is 3590. The highest BCUT2D eigenvalue weighted by Crippen LogP contribution is 2.44. The minimum atomic E-state index is 0.578. The number of rotatable bonds is 3. The Hall–Kier alpha value is -7.55. The Balaban J connectivity index is 1.17. The van der Waals surface area contributed by atoms with Crippen LogP contribution in [0.5, 0.6) is 0 Å². The molecule has 4 heterocycles. The quantitative estimate of drug-likeness (QED) is 0.185. The average molecular weight is 690 g/mol. The largest absolute Gasteiger partial charge is 0.454 e. The zero-order chi connectivity index (χ0) is 35.5. The fourth-order valence-corrected chi connectivity index (χ4v) is 8.88. The summed E-state index contributed by atoms with van der Waals surface area (Å²) >= 11 is 0. The molecule has 0 N–H and O–H groups in total. The lowest BCUT2D eigenvalue weighted by molar-refractivity contribution is 0.670. The summed E-state index contributed by atoms with van der Waals surface area (Å²) in [5, 5.41) is 19.5. The van der Waals surface area contributed by atoms with Crippen LogP contribution in [0.1, 0.15) is 5.56 Å². The summed E-state index contributed by atoms with van der Waals surface area (Å²) in [6.07, 6.45) is 0. The number of hydrogen-bond donors (Lipinski definition) is 0. The van der Waals surface area contributed by atoms with Gasteiger partial charge in [-0.25, -0.2) is 0 Å². The van der Waals surface area contributed by atoms with Crippen molar-refractivity contribution in [3.63, 3.8) is 0 Å². The molecule has 12 rings (SSSR count). The summed E-state index contributed by atoms with van der Waals surface area (Å²) < 4.78 is 17.9. The SMILES string of the molecule is N#Cc1cccc(-c2cccc(-n3c4ccccc4c4ccc5c6ccccc6oc5c43)c2)c1-n1c2ccccc2c2ccc3c4ccccc4oc3c21. The molecule has 54 heavy (non-hydrogen) atoms. The highest BCUT2D eigenvalue weighted by Gasteiger charge is 2.24. The monoisotopic (exact) mass is 689 g/mol. The summed E-state index contributed by atoms with van der Waals surface area (Å²) in [4.78, 5) is 0. The van der Waals surface area contributed by atoms with E-state index in [9.17, 15) is 5.26 Å². The normalized spacial score (nSPS) is 12.1. The van der Waals surface area contributed by atoms with E-state index in [-0.39, 0.29) is 0 Å². The standard InChI is InChI=1S/C49H27N3O2/c50-28-30-12-10-18-32(45(30)52-42-20-6-2-15-34(42)38-24-26-40-36-17-4-8-22-44(36)54-49(40)47(38)52)29-11-9-13-31(27-29)51-41-19-5-1-14-33(41)37-23-25-39-35-16-3-7-21-43(35)53-48(39)46(37)51/h1-27H. The van der Waals surface area contributed by atoms with Gasteiger partial charge >= 0.3 is 0 Å². The Kier molecular flexibility index (Phi) is 5.78. The number of fused-ring (bicyclic) bond motifs is 14. The molecule has 0 amide bonds. The zero-order valence-corrected chi connectivity index (χ0v) is 28.7. The molecule has 5 nitrogen and oxygen atoms in total. The lowest BCUT2D eigenvalue weighted by atomic mass is 9.99. The van der Waals surface area contributed by atoms with Crippen LogP contribution in [0.4, 0.5) is 0 Å². The van der Waals surface area contributed by atoms with Gasteiger partial charge < -0.3 is 18.0 Å². The van der Waals surface area contributed by atoms with E-state index in [1.807, 2.05) is 42.5 Å². The van der Waals surface area contributed by atoms with Gasteiger partial charge in [-0.1, -0.05) is 109 Å². The summed E-state index contributed by atoms with van der Waals surface area (Å²) in [5.74, 6) is 0. The fraction of sp³-hybridized carbons (Fsp3) is 0. The van der Waals surface area contributed by atoms with Gasteiger partial charge in [-0.2, -0.15) is 5.26 Å². The van der Waals surface area contributed by atoms with Crippen molar-refractivity contribution in [2.75, 3.05) is 0 Å². The Morgan fingerprint density at radius 1 is 0.426 bits per heavy atom. The first kappa shape index (κ1) is 29.1. The molecule has 5 heteroatoms. The van der Waals surface area contributed by atoms with E-state index in [0.29, 0.717) is 5.56 Å². The molecule has 0 spiro atoms. The second kappa shape index (κ2) is 10.7. The zero-order valence-electron chi connectivity index (χ0n) is 28.7. The number of hydrogen-bond acceptors (Lipinski definition) is 3. The van der Waals surface area contributed by atoms with Gasteiger partial charge in [0, 0.05) is 54.3 Å². The Morgan fingerprint density at radius 3 is 1.57 bits per heavy atom. The second-order valence-corrected chi connectivity index (χ2v) is 13.9. The van der Waals surface area contributed by atoms with E-state index in [1.54, 1.807) is 0 Å². The van der Waals surface area contributed by atoms with Crippen molar-refractivity contribution in [3.8, 4) is 28.6 Å². The van der Waals surface area contributed by atoms with Crippen LogP contribution in [-0.2, 0) is 0 Å². The molecule has 12 aromatic rings. The number of furan rings is 2. The van der Waals surface area contributed by atoms with Crippen molar-refractivity contribution in [2.45, 2.75) is 0 Å². The first-order valence-electron chi connectivity index (χ1n) is 18.1. The number of benzene rings is 8. The van der Waals surface area contributed by atoms with E-state index in [4.69, 9.17) is 8.83 Å². The van der Waals surface area contributed by atoms with Crippen LogP contribution in [0.15, 0.2) is 173 Å². The highest BCUT2D eigenvalue weighted by atomic mass is 16.3. The van der Waals surface area contributed by atoms with Crippen LogP contribution in [0.2, 0.25) is 0 Å². The summed E-state index contributed by atoms with van der Waals surface area (Å²) in [6.45, 7) is 0. The minimum absolute atomic E-state index is 0.578. The molecule has 0 bridgehead atoms. The number of aromatic nitrogens is 2. The van der Waals surface area contributed by atoms with Crippen molar-refractivity contribution >= 4 is 87.5 Å². The number of para-hydroxylation sites is 5. The van der Waals surface area contributed by atoms with Gasteiger partial charge in [-0.15, -0.1) is 0 Å². The molecule has 0 unspecified atom stereocenters. The molecule has 0 aliphatic rings. The minimum Gasteiger partial charge on any atom is -0.454 e. The Labute approximate surface area is 307 Å². The maximum atomic E-state index is 10.8. The molecule has 0 radical (unpaired) electrons. The van der Waals surface area contributed by atoms with Crippen molar-refractivity contribution < 1.29 is 8.83 Å². The van der Waals surface area contributed by atoms with E-state index < -0.39 is 0 Å². The molecule has 4 aromatic heterocycles. The van der Waals surface area contributed by atoms with E-state index in [0.717, 1.165) is 110 Å². The number of nitriles is 1. The first-order valence-corrected chi connectivity index (χ1v) is 18.1. The van der Waals surface area contributed by atoms with Gasteiger partial charge in [0.1, 0.15) is 17.2 Å². The van der Waals surface area contributed by atoms with Crippen LogP contribution in [-0.4, -0.2) is 9.13 Å². The molecule has 0 atom stereocenters. The number of nitrogens with zero attached hydrogens (tertiary/aromatic N) is 3. The highest BCUT2D eigenvalue weighted by molar-refractivity contribution is 6.23. The van der Waals surface area contributed by atoms with Crippen LogP contribution in [0, 0.1) is 11.3 Å². The molecule has 0 aliphatic heterocycles. The predicted octanol–water partition coefficient (Wildman–Crippen LogP) is 13.2. The molecule has 8 aromatic carbocycles.